The molecule has 0 N–H and O–H groups in total. The highest BCUT2D eigenvalue weighted by Gasteiger charge is 2.23. The zero-order chi connectivity index (χ0) is 76.3. The van der Waals surface area contributed by atoms with Gasteiger partial charge in [0, 0.05) is 54.6 Å². The molecule has 0 saturated heterocycles. The van der Waals surface area contributed by atoms with E-state index in [0.29, 0.717) is 0 Å². The lowest BCUT2D eigenvalue weighted by atomic mass is 9.85. The Hall–Kier alpha value is -15.4. The molecule has 0 spiro atoms. The van der Waals surface area contributed by atoms with Gasteiger partial charge in [0.1, 0.15) is 0 Å². The van der Waals surface area contributed by atoms with Crippen molar-refractivity contribution < 1.29 is 0 Å². The topological polar surface area (TPSA) is 51.6 Å². The summed E-state index contributed by atoms with van der Waals surface area (Å²) >= 11 is 0. The summed E-state index contributed by atoms with van der Waals surface area (Å²) in [5.74, 6) is 0. The first kappa shape index (κ1) is 66.4. The maximum absolute atomic E-state index is 5.39. The Balaban J connectivity index is 0.000000138. The fraction of sp³-hybridized carbons (Fsp3) is 0. The molecule has 536 valence electrons. The van der Waals surface area contributed by atoms with Crippen molar-refractivity contribution in [3.05, 3.63) is 413 Å². The molecule has 4 heteroatoms. The first-order chi connectivity index (χ1) is 57.5. The second-order valence-corrected chi connectivity index (χ2v) is 30.6. The molecule has 4 heterocycles. The van der Waals surface area contributed by atoms with Gasteiger partial charge in [-0.3, -0.25) is 0 Å². The van der Waals surface area contributed by atoms with E-state index in [-0.39, 0.29) is 0 Å². The lowest BCUT2D eigenvalue weighted by Gasteiger charge is -2.18. The number of hydrogen-bond donors (Lipinski definition) is 0. The van der Waals surface area contributed by atoms with Gasteiger partial charge in [0.2, 0.25) is 0 Å². The number of aromatic nitrogens is 4. The fourth-order valence-electron chi connectivity index (χ4n) is 18.6. The van der Waals surface area contributed by atoms with Crippen LogP contribution < -0.4 is 0 Å². The molecule has 0 aliphatic rings. The zero-order valence-electron chi connectivity index (χ0n) is 63.0. The van der Waals surface area contributed by atoms with Crippen molar-refractivity contribution in [1.82, 2.24) is 19.9 Å². The molecule has 0 aliphatic heterocycles. The number of hydrogen-bond acceptors (Lipinski definition) is 4. The normalized spacial score (nSPS) is 11.8. The highest BCUT2D eigenvalue weighted by atomic mass is 14.8. The highest BCUT2D eigenvalue weighted by molar-refractivity contribution is 6.25. The van der Waals surface area contributed by atoms with Crippen molar-refractivity contribution in [2.45, 2.75) is 0 Å². The molecule has 0 atom stereocenters. The van der Waals surface area contributed by atoms with E-state index in [4.69, 9.17) is 19.9 Å². The molecule has 24 aromatic rings. The summed E-state index contributed by atoms with van der Waals surface area (Å²) in [6.45, 7) is 0. The van der Waals surface area contributed by atoms with E-state index in [1.165, 1.54) is 153 Å². The van der Waals surface area contributed by atoms with Crippen molar-refractivity contribution in [2.75, 3.05) is 0 Å². The lowest BCUT2D eigenvalue weighted by Crippen LogP contribution is -1.93. The molecule has 116 heavy (non-hydrogen) atoms. The van der Waals surface area contributed by atoms with Gasteiger partial charge in [-0.1, -0.05) is 346 Å². The van der Waals surface area contributed by atoms with Gasteiger partial charge in [-0.2, -0.15) is 0 Å². The molecule has 0 unspecified atom stereocenters. The Labute approximate surface area is 668 Å². The largest absolute Gasteiger partial charge is 0.245 e. The molecule has 20 aromatic carbocycles. The Morgan fingerprint density at radius 3 is 0.802 bits per heavy atom. The fourth-order valence-corrected chi connectivity index (χ4v) is 18.6. The molecule has 0 bridgehead atoms. The predicted molar refractivity (Wildman–Crippen MR) is 493 cm³/mol. The number of fused-ring (bicyclic) bond motifs is 16. The van der Waals surface area contributed by atoms with Crippen LogP contribution in [0.15, 0.2) is 413 Å². The zero-order valence-corrected chi connectivity index (χ0v) is 63.0. The summed E-state index contributed by atoms with van der Waals surface area (Å²) in [6.07, 6.45) is 0. The third kappa shape index (κ3) is 11.1. The maximum atomic E-state index is 5.39. The Kier molecular flexibility index (Phi) is 15.6. The number of benzene rings is 20. The van der Waals surface area contributed by atoms with Crippen LogP contribution in [0.2, 0.25) is 0 Å². The van der Waals surface area contributed by atoms with Crippen LogP contribution in [0, 0.1) is 0 Å². The van der Waals surface area contributed by atoms with E-state index in [0.717, 1.165) is 87.9 Å². The Morgan fingerprint density at radius 1 is 0.121 bits per heavy atom. The van der Waals surface area contributed by atoms with E-state index in [9.17, 15) is 0 Å². The number of pyridine rings is 4. The van der Waals surface area contributed by atoms with Crippen LogP contribution >= 0.6 is 0 Å². The van der Waals surface area contributed by atoms with Gasteiger partial charge in [0.15, 0.2) is 0 Å². The molecule has 0 fully saturated rings. The monoisotopic (exact) mass is 1470 g/mol. The second kappa shape index (κ2) is 27.2. The molecule has 4 nitrogen and oxygen atoms in total. The smallest absolute Gasteiger partial charge is 0.0978 e. The minimum absolute atomic E-state index is 0.911. The summed E-state index contributed by atoms with van der Waals surface area (Å²) in [5.41, 5.74) is 24.3. The lowest BCUT2D eigenvalue weighted by molar-refractivity contribution is 1.39. The Bertz CT molecular complexity index is 8100. The number of para-hydroxylation sites is 2. The average Bonchev–Trinajstić information content (AvgIpc) is 0.735. The molecule has 24 rings (SSSR count). The van der Waals surface area contributed by atoms with Gasteiger partial charge >= 0.3 is 0 Å². The third-order valence-corrected chi connectivity index (χ3v) is 23.9. The van der Waals surface area contributed by atoms with Crippen LogP contribution in [0.5, 0.6) is 0 Å². The standard InChI is InChI=1S/C60H36N2.C52H32N2/c1-2-13-38(14-3-1)56-52-20-10-11-21-55(52)62-60-53(56)30-28-39-29-31-54(61-59(39)60)43-25-23-41-34-47-36-45(27-24-42(47)33-46(41)35-43)58-50-18-8-6-16-48(50)57(49-17-7-9-19-51(49)58)44-26-22-37-12-4-5-15-40(37)32-44;1-2-14-34(15-3-1)48-44-23-10-11-24-47(44)54-52-45(48)29-27-35-28-30-46(53-51(35)52)37-17-12-18-38(32-37)49-40-19-6-8-21-42(40)50(43-22-9-7-20-41(43)49)39-26-25-33-13-4-5-16-36(33)31-39/h1-36H;1-32H. The van der Waals surface area contributed by atoms with Crippen LogP contribution in [0.1, 0.15) is 0 Å². The van der Waals surface area contributed by atoms with Gasteiger partial charge in [-0.05, 0) is 209 Å². The molecular weight excluding hydrogens is 1400 g/mol. The second-order valence-electron chi connectivity index (χ2n) is 30.6. The first-order valence-electron chi connectivity index (χ1n) is 39.8. The molecule has 0 saturated carbocycles. The van der Waals surface area contributed by atoms with Crippen LogP contribution in [-0.2, 0) is 0 Å². The molecule has 0 amide bonds. The number of rotatable bonds is 8. The quantitative estimate of drug-likeness (QED) is 0.112. The van der Waals surface area contributed by atoms with Crippen LogP contribution in [-0.4, -0.2) is 19.9 Å². The van der Waals surface area contributed by atoms with E-state index in [1.54, 1.807) is 0 Å². The van der Waals surface area contributed by atoms with Crippen molar-refractivity contribution in [3.8, 4) is 89.3 Å². The molecule has 0 aliphatic carbocycles. The summed E-state index contributed by atoms with van der Waals surface area (Å²) in [4.78, 5) is 21.2. The molecule has 4 aromatic heterocycles. The highest BCUT2D eigenvalue weighted by Crippen LogP contribution is 2.49. The van der Waals surface area contributed by atoms with E-state index in [2.05, 4.69) is 413 Å². The maximum Gasteiger partial charge on any atom is 0.0978 e. The van der Waals surface area contributed by atoms with Crippen molar-refractivity contribution >= 4 is 152 Å². The predicted octanol–water partition coefficient (Wildman–Crippen LogP) is 30.4. The summed E-state index contributed by atoms with van der Waals surface area (Å²) in [5, 5.41) is 26.5. The summed E-state index contributed by atoms with van der Waals surface area (Å²) < 4.78 is 0. The summed E-state index contributed by atoms with van der Waals surface area (Å²) in [6, 6.07) is 149. The Morgan fingerprint density at radius 2 is 0.388 bits per heavy atom. The minimum atomic E-state index is 0.911. The van der Waals surface area contributed by atoms with E-state index >= 15 is 0 Å². The molecule has 0 radical (unpaired) electrons. The van der Waals surface area contributed by atoms with E-state index < -0.39 is 0 Å². The summed E-state index contributed by atoms with van der Waals surface area (Å²) in [7, 11) is 0. The third-order valence-electron chi connectivity index (χ3n) is 23.9. The average molecular weight is 1470 g/mol. The van der Waals surface area contributed by atoms with Gasteiger partial charge in [-0.25, -0.2) is 19.9 Å². The van der Waals surface area contributed by atoms with Crippen LogP contribution in [0.3, 0.4) is 0 Å². The number of nitrogens with zero attached hydrogens (tertiary/aromatic N) is 4. The first-order valence-corrected chi connectivity index (χ1v) is 39.8. The van der Waals surface area contributed by atoms with E-state index in [1.807, 2.05) is 0 Å². The van der Waals surface area contributed by atoms with Crippen LogP contribution in [0.4, 0.5) is 0 Å². The van der Waals surface area contributed by atoms with Crippen molar-refractivity contribution in [2.24, 2.45) is 0 Å². The van der Waals surface area contributed by atoms with Gasteiger partial charge in [0.05, 0.1) is 44.5 Å². The van der Waals surface area contributed by atoms with Gasteiger partial charge in [0.25, 0.3) is 0 Å². The molecular formula is C112H68N4. The van der Waals surface area contributed by atoms with Crippen molar-refractivity contribution in [1.29, 1.82) is 0 Å². The SMILES string of the molecule is c1ccc(-c2c3ccccc3nc3c2ccc2ccc(-c4ccc5cc6cc(-c7c8ccccc8c(-c8ccc9ccccc9c8)c8ccccc78)ccc6cc5c4)nc23)cc1.c1ccc(-c2c3ccccc3nc3c2ccc2ccc(-c4cccc(-c5c6ccccc6c(-c6ccc7ccccc7c6)c6ccccc56)c4)nc23)cc1. The minimum Gasteiger partial charge on any atom is -0.245 e. The van der Waals surface area contributed by atoms with Crippen LogP contribution in [0.25, 0.3) is 241 Å². The van der Waals surface area contributed by atoms with Crippen molar-refractivity contribution in [3.63, 3.8) is 0 Å². The van der Waals surface area contributed by atoms with Gasteiger partial charge in [-0.15, -0.1) is 0 Å². The van der Waals surface area contributed by atoms with Gasteiger partial charge < -0.3 is 0 Å².